The molecule has 0 fully saturated rings. The maximum absolute atomic E-state index is 5.78. The molecule has 0 aliphatic rings. The third kappa shape index (κ3) is 18.4. The van der Waals surface area contributed by atoms with E-state index in [1.165, 1.54) is 185 Å². The van der Waals surface area contributed by atoms with Crippen molar-refractivity contribution in [3.05, 3.63) is 492 Å². The van der Waals surface area contributed by atoms with Gasteiger partial charge in [-0.2, -0.15) is 0 Å². The molecule has 6 heteroatoms. The molecule has 0 aliphatic carbocycles. The third-order valence-electron chi connectivity index (χ3n) is 25.0. The Bertz CT molecular complexity index is 8710. The summed E-state index contributed by atoms with van der Waals surface area (Å²) in [6, 6.07) is 151. The SMILES string of the molecule is Cc1cc2c3ccccc3ccc2c2ccccc12.Cc1ccc2c(c1)oc1ccccc12.Cc1ccc2c(c1)oc1ccccc12.Cc1ccc2ccc3cccc4ccc1c2c34.Cc1ccc2oc3ccccc3c2c1.Cc1cccc2c1oc1ccccc12.Cc1cccc2c1oc1ccccc12.Cc1cccc2oc3ccccc3c12.Cc1ccccc1.Cc1ccccc1. The van der Waals surface area contributed by atoms with Crippen LogP contribution in [0.2, 0.25) is 0 Å². The lowest BCUT2D eigenvalue weighted by atomic mass is 9.92. The smallest absolute Gasteiger partial charge is 0.138 e. The lowest BCUT2D eigenvalue weighted by molar-refractivity contribution is 0.665. The predicted molar refractivity (Wildman–Crippen MR) is 572 cm³/mol. The Hall–Kier alpha value is -16.5. The van der Waals surface area contributed by atoms with Crippen molar-refractivity contribution in [3.8, 4) is 0 Å². The van der Waals surface area contributed by atoms with Gasteiger partial charge in [0.25, 0.3) is 0 Å². The van der Waals surface area contributed by atoms with Gasteiger partial charge in [0, 0.05) is 64.6 Å². The molecule has 0 radical (unpaired) electrons. The van der Waals surface area contributed by atoms with Gasteiger partial charge in [-0.05, 0) is 240 Å². The summed E-state index contributed by atoms with van der Waals surface area (Å²) in [4.78, 5) is 0. The van der Waals surface area contributed by atoms with E-state index in [0.29, 0.717) is 0 Å². The largest absolute Gasteiger partial charge is 0.456 e. The van der Waals surface area contributed by atoms with Crippen LogP contribution in [-0.2, 0) is 0 Å². The molecule has 28 aromatic rings. The van der Waals surface area contributed by atoms with Crippen molar-refractivity contribution in [2.75, 3.05) is 0 Å². The van der Waals surface area contributed by atoms with Crippen LogP contribution >= 0.6 is 0 Å². The normalized spacial score (nSPS) is 11.1. The first-order valence-corrected chi connectivity index (χ1v) is 45.8. The molecule has 22 aromatic carbocycles. The van der Waals surface area contributed by atoms with Gasteiger partial charge in [0.15, 0.2) is 0 Å². The Morgan fingerprint density at radius 2 is 0.433 bits per heavy atom. The van der Waals surface area contributed by atoms with Gasteiger partial charge in [0.05, 0.1) is 0 Å². The highest BCUT2D eigenvalue weighted by molar-refractivity contribution is 6.24. The van der Waals surface area contributed by atoms with E-state index in [4.69, 9.17) is 26.5 Å². The van der Waals surface area contributed by atoms with Crippen LogP contribution in [0.25, 0.3) is 196 Å². The molecule has 6 heterocycles. The van der Waals surface area contributed by atoms with E-state index in [0.717, 1.165) is 67.0 Å². The predicted octanol–water partition coefficient (Wildman–Crippen LogP) is 37.7. The minimum absolute atomic E-state index is 0.966. The summed E-state index contributed by atoms with van der Waals surface area (Å²) >= 11 is 0. The van der Waals surface area contributed by atoms with Crippen LogP contribution in [0.4, 0.5) is 0 Å². The van der Waals surface area contributed by atoms with E-state index in [9.17, 15) is 0 Å². The second-order valence-electron chi connectivity index (χ2n) is 34.6. The van der Waals surface area contributed by atoms with Gasteiger partial charge in [-0.3, -0.25) is 0 Å². The van der Waals surface area contributed by atoms with Crippen molar-refractivity contribution in [1.82, 2.24) is 0 Å². The van der Waals surface area contributed by atoms with Crippen molar-refractivity contribution in [2.45, 2.75) is 69.2 Å². The van der Waals surface area contributed by atoms with Gasteiger partial charge in [0.1, 0.15) is 67.0 Å². The van der Waals surface area contributed by atoms with E-state index in [-0.39, 0.29) is 0 Å². The molecular formula is C128H102O6. The quantitative estimate of drug-likeness (QED) is 0.141. The monoisotopic (exact) mass is 1730 g/mol. The van der Waals surface area contributed by atoms with Gasteiger partial charge in [-0.25, -0.2) is 0 Å². The number of hydrogen-bond acceptors (Lipinski definition) is 6. The topological polar surface area (TPSA) is 78.8 Å². The van der Waals surface area contributed by atoms with Gasteiger partial charge in [-0.1, -0.05) is 387 Å². The van der Waals surface area contributed by atoms with E-state index >= 15 is 0 Å². The molecule has 0 amide bonds. The number of aryl methyl sites for hydroxylation is 10. The van der Waals surface area contributed by atoms with Crippen LogP contribution in [-0.4, -0.2) is 0 Å². The molecule has 28 rings (SSSR count). The lowest BCUT2D eigenvalue weighted by Gasteiger charge is -2.11. The first kappa shape index (κ1) is 86.8. The number of benzene rings is 22. The standard InChI is InChI=1S/C19H14.C17H12.6C13H10O.2C7H8/c1-13-12-19-16-8-3-2-6-14(16)10-11-18(19)17-9-5-4-7-15(13)17;1-11-5-6-14-8-7-12-3-2-4-13-9-10-15(11)17(14)16(12)13;2*1-9-5-4-7-11-10-6-2-3-8-12(10)14-13(9)11;1-9-5-4-8-12-13(9)10-6-2-3-7-11(10)14-12;1-9-6-7-13-11(8-9)10-4-2-3-5-12(10)14-13;2*1-9-6-7-11-10-4-2-3-5-12(10)14-13(11)8-9;2*1-7-5-3-2-4-6-7/h2-12H,1H3;2-10H,1H3;6*2-8H,1H3;2*2-6H,1H3. The molecule has 0 aliphatic heterocycles. The number of hydrogen-bond donors (Lipinski definition) is 0. The molecule has 0 bridgehead atoms. The van der Waals surface area contributed by atoms with Gasteiger partial charge < -0.3 is 26.5 Å². The van der Waals surface area contributed by atoms with Crippen molar-refractivity contribution in [1.29, 1.82) is 0 Å². The molecule has 650 valence electrons. The average molecular weight is 1740 g/mol. The van der Waals surface area contributed by atoms with Crippen LogP contribution < -0.4 is 0 Å². The van der Waals surface area contributed by atoms with Crippen LogP contribution in [0.3, 0.4) is 0 Å². The average Bonchev–Trinajstić information content (AvgIpc) is 1.34. The van der Waals surface area contributed by atoms with Gasteiger partial charge in [-0.15, -0.1) is 0 Å². The first-order chi connectivity index (χ1) is 65.6. The highest BCUT2D eigenvalue weighted by atomic mass is 16.3. The fourth-order valence-corrected chi connectivity index (χ4v) is 18.2. The molecule has 6 nitrogen and oxygen atoms in total. The van der Waals surface area contributed by atoms with Crippen LogP contribution in [0.5, 0.6) is 0 Å². The minimum atomic E-state index is 0.966. The summed E-state index contributed by atoms with van der Waals surface area (Å²) in [5.74, 6) is 0. The lowest BCUT2D eigenvalue weighted by Crippen LogP contribution is -1.85. The second kappa shape index (κ2) is 39.0. The highest BCUT2D eigenvalue weighted by Gasteiger charge is 2.15. The maximum Gasteiger partial charge on any atom is 0.138 e. The zero-order chi connectivity index (χ0) is 91.7. The van der Waals surface area contributed by atoms with Crippen LogP contribution in [0.1, 0.15) is 55.6 Å². The fourth-order valence-electron chi connectivity index (χ4n) is 18.2. The van der Waals surface area contributed by atoms with Crippen LogP contribution in [0.15, 0.2) is 463 Å². The van der Waals surface area contributed by atoms with Crippen molar-refractivity contribution in [3.63, 3.8) is 0 Å². The molecule has 134 heavy (non-hydrogen) atoms. The molecule has 0 saturated heterocycles. The van der Waals surface area contributed by atoms with E-state index in [1.807, 2.05) is 164 Å². The number of para-hydroxylation sites is 8. The van der Waals surface area contributed by atoms with Crippen molar-refractivity contribution < 1.29 is 26.5 Å². The van der Waals surface area contributed by atoms with Crippen molar-refractivity contribution in [2.24, 2.45) is 0 Å². The molecular weight excluding hydrogens is 1630 g/mol. The summed E-state index contributed by atoms with van der Waals surface area (Å²) in [5.41, 5.74) is 24.5. The second-order valence-corrected chi connectivity index (χ2v) is 34.6. The minimum Gasteiger partial charge on any atom is -0.456 e. The summed E-state index contributed by atoms with van der Waals surface area (Å²) in [7, 11) is 0. The number of rotatable bonds is 0. The summed E-state index contributed by atoms with van der Waals surface area (Å²) in [6.07, 6.45) is 0. The Morgan fingerprint density at radius 3 is 0.955 bits per heavy atom. The number of furan rings is 6. The maximum atomic E-state index is 5.78. The Kier molecular flexibility index (Phi) is 25.3. The molecule has 0 unspecified atom stereocenters. The zero-order valence-corrected chi connectivity index (χ0v) is 77.0. The van der Waals surface area contributed by atoms with Gasteiger partial charge in [0.2, 0.25) is 0 Å². The number of fused-ring (bicyclic) bond motifs is 23. The molecule has 0 spiro atoms. The summed E-state index contributed by atoms with van der Waals surface area (Å²) in [5, 5.41) is 30.8. The molecule has 0 N–H and O–H groups in total. The highest BCUT2D eigenvalue weighted by Crippen LogP contribution is 2.40. The van der Waals surface area contributed by atoms with E-state index in [1.54, 1.807) is 0 Å². The zero-order valence-electron chi connectivity index (χ0n) is 77.0. The molecule has 0 atom stereocenters. The summed E-state index contributed by atoms with van der Waals surface area (Å²) in [6.45, 7) is 21.1. The molecule has 6 aromatic heterocycles. The Balaban J connectivity index is 0.0000000967. The first-order valence-electron chi connectivity index (χ1n) is 45.8. The Labute approximate surface area is 779 Å². The van der Waals surface area contributed by atoms with E-state index < -0.39 is 0 Å². The van der Waals surface area contributed by atoms with Crippen LogP contribution in [0, 0.1) is 69.2 Å². The fraction of sp³-hybridized carbons (Fsp3) is 0.0781. The summed E-state index contributed by atoms with van der Waals surface area (Å²) < 4.78 is 34.5. The molecule has 0 saturated carbocycles. The third-order valence-corrected chi connectivity index (χ3v) is 25.0. The Morgan fingerprint density at radius 1 is 0.119 bits per heavy atom. The van der Waals surface area contributed by atoms with Gasteiger partial charge >= 0.3 is 0 Å². The van der Waals surface area contributed by atoms with E-state index in [2.05, 4.69) is 342 Å². The van der Waals surface area contributed by atoms with Crippen molar-refractivity contribution >= 4 is 196 Å².